The van der Waals surface area contributed by atoms with E-state index in [4.69, 9.17) is 4.74 Å². The van der Waals surface area contributed by atoms with Crippen molar-refractivity contribution in [1.82, 2.24) is 10.3 Å². The van der Waals surface area contributed by atoms with Crippen molar-refractivity contribution in [3.8, 4) is 11.5 Å². The maximum absolute atomic E-state index is 5.96. The Balaban J connectivity index is 1.68. The molecule has 0 radical (unpaired) electrons. The molecule has 2 aromatic rings. The van der Waals surface area contributed by atoms with Crippen LogP contribution in [0.1, 0.15) is 36.5 Å². The van der Waals surface area contributed by atoms with Gasteiger partial charge in [-0.2, -0.15) is 0 Å². The molecule has 0 unspecified atom stereocenters. The van der Waals surface area contributed by atoms with Crippen LogP contribution < -0.4 is 10.1 Å². The van der Waals surface area contributed by atoms with Crippen LogP contribution in [0.2, 0.25) is 0 Å². The van der Waals surface area contributed by atoms with Gasteiger partial charge in [0.05, 0.1) is 6.20 Å². The molecule has 0 saturated heterocycles. The lowest BCUT2D eigenvalue weighted by Crippen LogP contribution is -2.13. The Labute approximate surface area is 126 Å². The van der Waals surface area contributed by atoms with E-state index in [1.807, 2.05) is 6.20 Å². The second kappa shape index (κ2) is 6.72. The summed E-state index contributed by atoms with van der Waals surface area (Å²) in [6.07, 6.45) is 8.44. The van der Waals surface area contributed by atoms with Crippen LogP contribution in [0.5, 0.6) is 11.5 Å². The average molecular weight is 282 g/mol. The zero-order valence-corrected chi connectivity index (χ0v) is 12.6. The number of hydrogen-bond donors (Lipinski definition) is 1. The first-order valence-electron chi connectivity index (χ1n) is 7.79. The fourth-order valence-electron chi connectivity index (χ4n) is 2.77. The summed E-state index contributed by atoms with van der Waals surface area (Å²) in [5, 5.41) is 3.38. The molecule has 110 valence electrons. The smallest absolute Gasteiger partial charge is 0.146 e. The molecule has 1 aromatic carbocycles. The zero-order valence-electron chi connectivity index (χ0n) is 12.6. The van der Waals surface area contributed by atoms with E-state index in [0.29, 0.717) is 0 Å². The summed E-state index contributed by atoms with van der Waals surface area (Å²) in [7, 11) is 0. The van der Waals surface area contributed by atoms with Crippen LogP contribution in [-0.2, 0) is 19.4 Å². The maximum atomic E-state index is 5.96. The van der Waals surface area contributed by atoms with Gasteiger partial charge in [-0.05, 0) is 67.1 Å². The van der Waals surface area contributed by atoms with E-state index in [1.165, 1.54) is 30.4 Å². The summed E-state index contributed by atoms with van der Waals surface area (Å²) in [5.41, 5.74) is 4.06. The van der Waals surface area contributed by atoms with Crippen molar-refractivity contribution in [2.75, 3.05) is 6.54 Å². The SMILES string of the molecule is CCCNCc1cncc(Oc2ccc3c(c2)CCC3)c1. The third-order valence-electron chi connectivity index (χ3n) is 3.83. The van der Waals surface area contributed by atoms with Crippen molar-refractivity contribution in [2.24, 2.45) is 0 Å². The fraction of sp³-hybridized carbons (Fsp3) is 0.389. The number of pyridine rings is 1. The molecule has 1 aliphatic rings. The van der Waals surface area contributed by atoms with E-state index in [0.717, 1.165) is 36.6 Å². The Morgan fingerprint density at radius 2 is 2.00 bits per heavy atom. The van der Waals surface area contributed by atoms with E-state index < -0.39 is 0 Å². The summed E-state index contributed by atoms with van der Waals surface area (Å²) < 4.78 is 5.96. The van der Waals surface area contributed by atoms with E-state index in [1.54, 1.807) is 6.20 Å². The van der Waals surface area contributed by atoms with Crippen LogP contribution in [0.4, 0.5) is 0 Å². The maximum Gasteiger partial charge on any atom is 0.146 e. The van der Waals surface area contributed by atoms with Gasteiger partial charge in [-0.1, -0.05) is 13.0 Å². The first-order valence-corrected chi connectivity index (χ1v) is 7.79. The van der Waals surface area contributed by atoms with Gasteiger partial charge < -0.3 is 10.1 Å². The number of benzene rings is 1. The highest BCUT2D eigenvalue weighted by Gasteiger charge is 2.11. The van der Waals surface area contributed by atoms with Gasteiger partial charge in [0.1, 0.15) is 11.5 Å². The van der Waals surface area contributed by atoms with Gasteiger partial charge in [-0.15, -0.1) is 0 Å². The molecular weight excluding hydrogens is 260 g/mol. The molecule has 3 rings (SSSR count). The van der Waals surface area contributed by atoms with Gasteiger partial charge in [0, 0.05) is 12.7 Å². The number of aromatic nitrogens is 1. The van der Waals surface area contributed by atoms with Crippen molar-refractivity contribution in [3.63, 3.8) is 0 Å². The minimum atomic E-state index is 0.809. The van der Waals surface area contributed by atoms with Gasteiger partial charge in [0.25, 0.3) is 0 Å². The molecule has 1 heterocycles. The number of ether oxygens (including phenoxy) is 1. The highest BCUT2D eigenvalue weighted by Crippen LogP contribution is 2.28. The number of nitrogens with one attached hydrogen (secondary N) is 1. The lowest BCUT2D eigenvalue weighted by molar-refractivity contribution is 0.478. The van der Waals surface area contributed by atoms with Gasteiger partial charge >= 0.3 is 0 Å². The summed E-state index contributed by atoms with van der Waals surface area (Å²) in [6, 6.07) is 8.48. The third-order valence-corrected chi connectivity index (χ3v) is 3.83. The largest absolute Gasteiger partial charge is 0.456 e. The summed E-state index contributed by atoms with van der Waals surface area (Å²) >= 11 is 0. The van der Waals surface area contributed by atoms with Crippen molar-refractivity contribution in [2.45, 2.75) is 39.2 Å². The molecule has 1 N–H and O–H groups in total. The van der Waals surface area contributed by atoms with E-state index in [9.17, 15) is 0 Å². The second-order valence-electron chi connectivity index (χ2n) is 5.59. The molecule has 0 bridgehead atoms. The van der Waals surface area contributed by atoms with Gasteiger partial charge in [-0.3, -0.25) is 4.98 Å². The molecule has 0 amide bonds. The van der Waals surface area contributed by atoms with Crippen LogP contribution in [0, 0.1) is 0 Å². The van der Waals surface area contributed by atoms with Crippen molar-refractivity contribution in [1.29, 1.82) is 0 Å². The van der Waals surface area contributed by atoms with Crippen molar-refractivity contribution < 1.29 is 4.74 Å². The Kier molecular flexibility index (Phi) is 4.51. The molecule has 1 aromatic heterocycles. The number of nitrogens with zero attached hydrogens (tertiary/aromatic N) is 1. The monoisotopic (exact) mass is 282 g/mol. The molecular formula is C18H22N2O. The predicted molar refractivity (Wildman–Crippen MR) is 84.8 cm³/mol. The summed E-state index contributed by atoms with van der Waals surface area (Å²) in [6.45, 7) is 4.02. The molecule has 0 spiro atoms. The van der Waals surface area contributed by atoms with Gasteiger partial charge in [-0.25, -0.2) is 0 Å². The van der Waals surface area contributed by atoms with Crippen molar-refractivity contribution >= 4 is 0 Å². The van der Waals surface area contributed by atoms with Crippen LogP contribution in [0.3, 0.4) is 0 Å². The highest BCUT2D eigenvalue weighted by atomic mass is 16.5. The highest BCUT2D eigenvalue weighted by molar-refractivity contribution is 5.40. The predicted octanol–water partition coefficient (Wildman–Crippen LogP) is 3.86. The normalized spacial score (nSPS) is 13.2. The molecule has 1 aliphatic carbocycles. The Bertz CT molecular complexity index is 610. The molecule has 3 heteroatoms. The number of rotatable bonds is 6. The Morgan fingerprint density at radius 1 is 1.10 bits per heavy atom. The standard InChI is InChI=1S/C18H22N2O/c1-2-8-19-11-14-9-18(13-20-12-14)21-17-7-6-15-4-3-5-16(15)10-17/h6-7,9-10,12-13,19H,2-5,8,11H2,1H3. The molecule has 21 heavy (non-hydrogen) atoms. The van der Waals surface area contributed by atoms with E-state index in [-0.39, 0.29) is 0 Å². The van der Waals surface area contributed by atoms with Crippen LogP contribution in [-0.4, -0.2) is 11.5 Å². The van der Waals surface area contributed by atoms with Crippen molar-refractivity contribution in [3.05, 3.63) is 53.3 Å². The fourth-order valence-corrected chi connectivity index (χ4v) is 2.77. The Hall–Kier alpha value is -1.87. The van der Waals surface area contributed by atoms with Crippen LogP contribution in [0.25, 0.3) is 0 Å². The van der Waals surface area contributed by atoms with E-state index in [2.05, 4.69) is 41.5 Å². The molecule has 3 nitrogen and oxygen atoms in total. The molecule has 0 aliphatic heterocycles. The third kappa shape index (κ3) is 3.61. The summed E-state index contributed by atoms with van der Waals surface area (Å²) in [4.78, 5) is 4.27. The first-order chi connectivity index (χ1) is 10.3. The molecule has 0 saturated carbocycles. The molecule has 0 atom stereocenters. The van der Waals surface area contributed by atoms with Gasteiger partial charge in [0.2, 0.25) is 0 Å². The minimum Gasteiger partial charge on any atom is -0.456 e. The number of aryl methyl sites for hydroxylation is 2. The topological polar surface area (TPSA) is 34.2 Å². The van der Waals surface area contributed by atoms with Gasteiger partial charge in [0.15, 0.2) is 0 Å². The lowest BCUT2D eigenvalue weighted by atomic mass is 10.1. The first kappa shape index (κ1) is 14.1. The van der Waals surface area contributed by atoms with Crippen LogP contribution >= 0.6 is 0 Å². The second-order valence-corrected chi connectivity index (χ2v) is 5.59. The summed E-state index contributed by atoms with van der Waals surface area (Å²) in [5.74, 6) is 1.72. The average Bonchev–Trinajstić information content (AvgIpc) is 2.95. The minimum absolute atomic E-state index is 0.809. The quantitative estimate of drug-likeness (QED) is 0.817. The Morgan fingerprint density at radius 3 is 2.90 bits per heavy atom. The molecule has 0 fully saturated rings. The van der Waals surface area contributed by atoms with Crippen LogP contribution in [0.15, 0.2) is 36.7 Å². The number of hydrogen-bond acceptors (Lipinski definition) is 3. The zero-order chi connectivity index (χ0) is 14.5. The number of fused-ring (bicyclic) bond motifs is 1. The lowest BCUT2D eigenvalue weighted by Gasteiger charge is -2.09. The van der Waals surface area contributed by atoms with E-state index >= 15 is 0 Å².